The summed E-state index contributed by atoms with van der Waals surface area (Å²) in [6, 6.07) is 1.99. The second-order valence-corrected chi connectivity index (χ2v) is 7.38. The average Bonchev–Trinajstić information content (AvgIpc) is 3.32. The highest BCUT2D eigenvalue weighted by atomic mass is 32.1. The maximum Gasteiger partial charge on any atom is 0.265 e. The molecular formula is C18H20N6OS. The van der Waals surface area contributed by atoms with E-state index in [2.05, 4.69) is 24.9 Å². The number of hydrogen-bond acceptors (Lipinski definition) is 6. The molecule has 26 heavy (non-hydrogen) atoms. The van der Waals surface area contributed by atoms with Crippen molar-refractivity contribution in [2.24, 2.45) is 0 Å². The summed E-state index contributed by atoms with van der Waals surface area (Å²) >= 11 is 1.41. The quantitative estimate of drug-likeness (QED) is 0.768. The Hall–Kier alpha value is -2.61. The minimum atomic E-state index is 0.0757. The minimum absolute atomic E-state index is 0.0757. The predicted molar refractivity (Wildman–Crippen MR) is 99.1 cm³/mol. The Morgan fingerprint density at radius 2 is 2.19 bits per heavy atom. The summed E-state index contributed by atoms with van der Waals surface area (Å²) in [5.41, 5.74) is 4.30. The Labute approximate surface area is 155 Å². The third-order valence-corrected chi connectivity index (χ3v) is 5.58. The molecule has 4 rings (SSSR count). The largest absolute Gasteiger partial charge is 0.343 e. The van der Waals surface area contributed by atoms with Gasteiger partial charge in [-0.05, 0) is 32.8 Å². The van der Waals surface area contributed by atoms with Gasteiger partial charge in [0.15, 0.2) is 5.82 Å². The number of thiazole rings is 1. The number of aryl methyl sites for hydroxylation is 2. The Balaban J connectivity index is 1.58. The average molecular weight is 368 g/mol. The molecule has 0 aromatic carbocycles. The van der Waals surface area contributed by atoms with Crippen molar-refractivity contribution in [3.05, 3.63) is 46.1 Å². The number of likely N-dealkylation sites (tertiary alicyclic amines) is 1. The summed E-state index contributed by atoms with van der Waals surface area (Å²) in [5.74, 6) is 1.74. The standard InChI is InChI=1S/C18H20N6OS/c1-11-16(26-10-21-11)18(25)24-7-3-4-13(9-24)14-8-15(23-12(2)22-14)17-19-5-6-20-17/h5-6,8,10,13H,3-4,7,9H2,1-2H3,(H,19,20)/t13-/m1/s1. The fourth-order valence-electron chi connectivity index (χ4n) is 3.38. The highest BCUT2D eigenvalue weighted by Gasteiger charge is 2.28. The van der Waals surface area contributed by atoms with Gasteiger partial charge in [0.2, 0.25) is 0 Å². The Morgan fingerprint density at radius 3 is 2.92 bits per heavy atom. The van der Waals surface area contributed by atoms with Gasteiger partial charge in [0.05, 0.1) is 11.2 Å². The molecule has 0 radical (unpaired) electrons. The third-order valence-electron chi connectivity index (χ3n) is 4.67. The molecule has 8 heteroatoms. The van der Waals surface area contributed by atoms with E-state index in [4.69, 9.17) is 0 Å². The second-order valence-electron chi connectivity index (χ2n) is 6.52. The van der Waals surface area contributed by atoms with Crippen molar-refractivity contribution in [1.82, 2.24) is 29.8 Å². The SMILES string of the molecule is Cc1nc(-c2ncc[nH]2)cc([C@@H]2CCCN(C(=O)c3scnc3C)C2)n1. The predicted octanol–water partition coefficient (Wildman–Crippen LogP) is 2.96. The van der Waals surface area contributed by atoms with Crippen LogP contribution in [0.3, 0.4) is 0 Å². The van der Waals surface area contributed by atoms with Crippen LogP contribution in [0, 0.1) is 13.8 Å². The molecule has 1 amide bonds. The molecule has 1 fully saturated rings. The van der Waals surface area contributed by atoms with Crippen molar-refractivity contribution in [2.45, 2.75) is 32.6 Å². The van der Waals surface area contributed by atoms with Crippen LogP contribution in [0.25, 0.3) is 11.5 Å². The lowest BCUT2D eigenvalue weighted by Gasteiger charge is -2.32. The Morgan fingerprint density at radius 1 is 1.31 bits per heavy atom. The van der Waals surface area contributed by atoms with Crippen molar-refractivity contribution >= 4 is 17.2 Å². The number of nitrogens with one attached hydrogen (secondary N) is 1. The van der Waals surface area contributed by atoms with E-state index in [1.165, 1.54) is 11.3 Å². The lowest BCUT2D eigenvalue weighted by molar-refractivity contribution is 0.0710. The van der Waals surface area contributed by atoms with Crippen molar-refractivity contribution < 1.29 is 4.79 Å². The fraction of sp³-hybridized carbons (Fsp3) is 0.389. The van der Waals surface area contributed by atoms with Gasteiger partial charge in [-0.1, -0.05) is 0 Å². The maximum absolute atomic E-state index is 12.8. The van der Waals surface area contributed by atoms with Gasteiger partial charge in [0, 0.05) is 37.1 Å². The highest BCUT2D eigenvalue weighted by Crippen LogP contribution is 2.29. The Kier molecular flexibility index (Phi) is 4.50. The third kappa shape index (κ3) is 3.24. The zero-order chi connectivity index (χ0) is 18.1. The highest BCUT2D eigenvalue weighted by molar-refractivity contribution is 7.11. The molecule has 3 aromatic rings. The molecule has 0 aliphatic carbocycles. The maximum atomic E-state index is 12.8. The van der Waals surface area contributed by atoms with Crippen LogP contribution >= 0.6 is 11.3 Å². The number of carbonyl (C=O) groups excluding carboxylic acids is 1. The number of hydrogen-bond donors (Lipinski definition) is 1. The first-order chi connectivity index (χ1) is 12.6. The number of imidazole rings is 1. The number of carbonyl (C=O) groups is 1. The summed E-state index contributed by atoms with van der Waals surface area (Å²) in [7, 11) is 0. The zero-order valence-corrected chi connectivity index (χ0v) is 15.6. The van der Waals surface area contributed by atoms with Crippen LogP contribution in [0.4, 0.5) is 0 Å². The molecule has 0 unspecified atom stereocenters. The fourth-order valence-corrected chi connectivity index (χ4v) is 4.15. The summed E-state index contributed by atoms with van der Waals surface area (Å²) in [4.78, 5) is 36.2. The minimum Gasteiger partial charge on any atom is -0.343 e. The van der Waals surface area contributed by atoms with Gasteiger partial charge in [-0.15, -0.1) is 11.3 Å². The van der Waals surface area contributed by atoms with Crippen LogP contribution in [0.2, 0.25) is 0 Å². The number of rotatable bonds is 3. The molecule has 4 heterocycles. The van der Waals surface area contributed by atoms with E-state index in [0.29, 0.717) is 6.54 Å². The van der Waals surface area contributed by atoms with Crippen LogP contribution in [0.1, 0.15) is 45.6 Å². The number of aromatic nitrogens is 5. The zero-order valence-electron chi connectivity index (χ0n) is 14.8. The lowest BCUT2D eigenvalue weighted by atomic mass is 9.93. The number of aromatic amines is 1. The molecule has 1 N–H and O–H groups in total. The van der Waals surface area contributed by atoms with Gasteiger partial charge < -0.3 is 9.88 Å². The molecule has 7 nitrogen and oxygen atoms in total. The molecule has 0 bridgehead atoms. The first-order valence-corrected chi connectivity index (χ1v) is 9.54. The summed E-state index contributed by atoms with van der Waals surface area (Å²) < 4.78 is 0. The van der Waals surface area contributed by atoms with Gasteiger partial charge in [-0.2, -0.15) is 0 Å². The van der Waals surface area contributed by atoms with Crippen molar-refractivity contribution in [3.8, 4) is 11.5 Å². The molecule has 1 aliphatic rings. The monoisotopic (exact) mass is 368 g/mol. The van der Waals surface area contributed by atoms with Crippen molar-refractivity contribution in [2.75, 3.05) is 13.1 Å². The first kappa shape index (κ1) is 16.8. The van der Waals surface area contributed by atoms with Gasteiger partial charge >= 0.3 is 0 Å². The van der Waals surface area contributed by atoms with Crippen LogP contribution in [-0.4, -0.2) is 48.8 Å². The summed E-state index contributed by atoms with van der Waals surface area (Å²) in [6.45, 7) is 5.23. The molecule has 0 saturated carbocycles. The van der Waals surface area contributed by atoms with E-state index < -0.39 is 0 Å². The Bertz CT molecular complexity index is 920. The normalized spacial score (nSPS) is 17.5. The summed E-state index contributed by atoms with van der Waals surface area (Å²) in [5, 5.41) is 0. The topological polar surface area (TPSA) is 87.7 Å². The van der Waals surface area contributed by atoms with E-state index in [1.807, 2.05) is 24.8 Å². The van der Waals surface area contributed by atoms with Crippen LogP contribution in [-0.2, 0) is 0 Å². The molecule has 134 valence electrons. The van der Waals surface area contributed by atoms with Gasteiger partial charge in [0.1, 0.15) is 16.4 Å². The first-order valence-electron chi connectivity index (χ1n) is 8.66. The van der Waals surface area contributed by atoms with Crippen molar-refractivity contribution in [1.29, 1.82) is 0 Å². The molecule has 3 aromatic heterocycles. The van der Waals surface area contributed by atoms with Crippen LogP contribution in [0.5, 0.6) is 0 Å². The van der Waals surface area contributed by atoms with E-state index >= 15 is 0 Å². The molecular weight excluding hydrogens is 348 g/mol. The summed E-state index contributed by atoms with van der Waals surface area (Å²) in [6.07, 6.45) is 5.47. The number of amides is 1. The van der Waals surface area contributed by atoms with E-state index in [1.54, 1.807) is 17.9 Å². The van der Waals surface area contributed by atoms with Gasteiger partial charge in [-0.25, -0.2) is 19.9 Å². The van der Waals surface area contributed by atoms with Crippen LogP contribution in [0.15, 0.2) is 24.0 Å². The van der Waals surface area contributed by atoms with E-state index in [9.17, 15) is 4.79 Å². The molecule has 1 aliphatic heterocycles. The lowest BCUT2D eigenvalue weighted by Crippen LogP contribution is -2.39. The van der Waals surface area contributed by atoms with E-state index in [-0.39, 0.29) is 11.8 Å². The van der Waals surface area contributed by atoms with Crippen LogP contribution < -0.4 is 0 Å². The number of piperidine rings is 1. The molecule has 0 spiro atoms. The van der Waals surface area contributed by atoms with Gasteiger partial charge in [0.25, 0.3) is 5.91 Å². The van der Waals surface area contributed by atoms with Gasteiger partial charge in [-0.3, -0.25) is 4.79 Å². The number of nitrogens with zero attached hydrogens (tertiary/aromatic N) is 5. The van der Waals surface area contributed by atoms with Crippen molar-refractivity contribution in [3.63, 3.8) is 0 Å². The second kappa shape index (κ2) is 6.95. The smallest absolute Gasteiger partial charge is 0.265 e. The molecule has 1 atom stereocenters. The molecule has 1 saturated heterocycles. The van der Waals surface area contributed by atoms with E-state index in [0.717, 1.165) is 53.0 Å². The number of H-pyrrole nitrogens is 1.